The first-order chi connectivity index (χ1) is 11.9. The van der Waals surface area contributed by atoms with E-state index < -0.39 is 0 Å². The third kappa shape index (κ3) is 1.95. The van der Waals surface area contributed by atoms with Crippen molar-refractivity contribution in [1.82, 2.24) is 19.7 Å². The summed E-state index contributed by atoms with van der Waals surface area (Å²) in [4.78, 5) is 4.15. The molecular formula is C20H20N4. The van der Waals surface area contributed by atoms with E-state index in [1.54, 1.807) is 0 Å². The predicted molar refractivity (Wildman–Crippen MR) is 93.5 cm³/mol. The molecule has 1 spiro atoms. The highest BCUT2D eigenvalue weighted by Crippen LogP contribution is 2.47. The van der Waals surface area contributed by atoms with Crippen LogP contribution in [-0.4, -0.2) is 19.7 Å². The first kappa shape index (κ1) is 13.9. The van der Waals surface area contributed by atoms with Gasteiger partial charge in [-0.1, -0.05) is 43.5 Å². The van der Waals surface area contributed by atoms with Crippen molar-refractivity contribution in [2.24, 2.45) is 0 Å². The van der Waals surface area contributed by atoms with Gasteiger partial charge >= 0.3 is 0 Å². The molecule has 0 bridgehead atoms. The zero-order valence-corrected chi connectivity index (χ0v) is 13.7. The lowest BCUT2D eigenvalue weighted by atomic mass is 9.74. The van der Waals surface area contributed by atoms with Gasteiger partial charge in [-0.15, -0.1) is 10.2 Å². The Morgan fingerprint density at radius 3 is 2.42 bits per heavy atom. The Labute approximate surface area is 141 Å². The van der Waals surface area contributed by atoms with Crippen LogP contribution in [-0.2, 0) is 12.0 Å². The predicted octanol–water partition coefficient (Wildman–Crippen LogP) is 4.22. The third-order valence-electron chi connectivity index (χ3n) is 5.64. The Morgan fingerprint density at radius 2 is 1.58 bits per heavy atom. The number of hydrogen-bond donors (Lipinski definition) is 0. The molecule has 24 heavy (non-hydrogen) atoms. The number of fused-ring (bicyclic) bond motifs is 4. The quantitative estimate of drug-likeness (QED) is 0.675. The van der Waals surface area contributed by atoms with E-state index in [0.717, 1.165) is 23.6 Å². The number of pyridine rings is 1. The van der Waals surface area contributed by atoms with Crippen LogP contribution in [0.4, 0.5) is 0 Å². The molecule has 0 amide bonds. The fourth-order valence-electron chi connectivity index (χ4n) is 4.53. The van der Waals surface area contributed by atoms with Gasteiger partial charge < -0.3 is 4.57 Å². The van der Waals surface area contributed by atoms with Crippen molar-refractivity contribution in [3.63, 3.8) is 0 Å². The van der Waals surface area contributed by atoms with E-state index in [1.165, 1.54) is 43.2 Å². The molecule has 120 valence electrons. The normalized spacial score (nSPS) is 18.2. The summed E-state index contributed by atoms with van der Waals surface area (Å²) in [5.74, 6) is 2.02. The van der Waals surface area contributed by atoms with Gasteiger partial charge in [0.1, 0.15) is 0 Å². The second-order valence-corrected chi connectivity index (χ2v) is 7.04. The van der Waals surface area contributed by atoms with Gasteiger partial charge in [-0.2, -0.15) is 0 Å². The van der Waals surface area contributed by atoms with Crippen molar-refractivity contribution in [3.05, 3.63) is 54.4 Å². The SMILES string of the molecule is c1ccc2c(c1)CC1(CCCCC1)n1c(-c3ccncc3)nnc1-2. The van der Waals surface area contributed by atoms with Crippen LogP contribution in [0.25, 0.3) is 22.8 Å². The Bertz CT molecular complexity index is 862. The van der Waals surface area contributed by atoms with Gasteiger partial charge in [0, 0.05) is 23.5 Å². The minimum Gasteiger partial charge on any atom is -0.300 e. The van der Waals surface area contributed by atoms with Crippen molar-refractivity contribution in [1.29, 1.82) is 0 Å². The average Bonchev–Trinajstić information content (AvgIpc) is 3.10. The van der Waals surface area contributed by atoms with E-state index in [-0.39, 0.29) is 5.54 Å². The van der Waals surface area contributed by atoms with E-state index in [2.05, 4.69) is 44.0 Å². The smallest absolute Gasteiger partial charge is 0.165 e. The standard InChI is InChI=1S/C20H20N4/c1-4-10-20(11-5-1)14-16-6-2-3-7-17(16)19-23-22-18(24(19)20)15-8-12-21-13-9-15/h2-3,6-9,12-13H,1,4-5,10-11,14H2. The summed E-state index contributed by atoms with van der Waals surface area (Å²) in [5.41, 5.74) is 3.89. The number of hydrogen-bond acceptors (Lipinski definition) is 3. The summed E-state index contributed by atoms with van der Waals surface area (Å²) < 4.78 is 2.45. The highest BCUT2D eigenvalue weighted by Gasteiger charge is 2.42. The zero-order chi connectivity index (χ0) is 16.0. The molecular weight excluding hydrogens is 296 g/mol. The molecule has 1 saturated carbocycles. The van der Waals surface area contributed by atoms with Crippen molar-refractivity contribution < 1.29 is 0 Å². The fraction of sp³-hybridized carbons (Fsp3) is 0.350. The van der Waals surface area contributed by atoms with Gasteiger partial charge in [0.25, 0.3) is 0 Å². The molecule has 4 heteroatoms. The van der Waals surface area contributed by atoms with E-state index in [0.29, 0.717) is 0 Å². The lowest BCUT2D eigenvalue weighted by molar-refractivity contribution is 0.191. The molecule has 0 atom stereocenters. The Morgan fingerprint density at radius 1 is 0.833 bits per heavy atom. The van der Waals surface area contributed by atoms with Gasteiger partial charge in [-0.05, 0) is 37.0 Å². The summed E-state index contributed by atoms with van der Waals surface area (Å²) in [6.45, 7) is 0. The van der Waals surface area contributed by atoms with Crippen LogP contribution in [0.5, 0.6) is 0 Å². The molecule has 0 N–H and O–H groups in total. The lowest BCUT2D eigenvalue weighted by Gasteiger charge is -2.43. The summed E-state index contributed by atoms with van der Waals surface area (Å²) in [6.07, 6.45) is 11.1. The summed E-state index contributed by atoms with van der Waals surface area (Å²) in [6, 6.07) is 12.8. The first-order valence-electron chi connectivity index (χ1n) is 8.82. The highest BCUT2D eigenvalue weighted by atomic mass is 15.3. The van der Waals surface area contributed by atoms with Crippen LogP contribution < -0.4 is 0 Å². The molecule has 1 aliphatic heterocycles. The Balaban J connectivity index is 1.77. The molecule has 2 aliphatic rings. The minimum atomic E-state index is 0.129. The Hall–Kier alpha value is -2.49. The molecule has 0 unspecified atom stereocenters. The molecule has 1 fully saturated rings. The largest absolute Gasteiger partial charge is 0.300 e. The van der Waals surface area contributed by atoms with Crippen molar-refractivity contribution in [2.75, 3.05) is 0 Å². The second-order valence-electron chi connectivity index (χ2n) is 7.04. The van der Waals surface area contributed by atoms with Gasteiger partial charge in [0.05, 0.1) is 5.54 Å². The van der Waals surface area contributed by atoms with Gasteiger partial charge in [-0.3, -0.25) is 4.98 Å². The molecule has 2 aromatic heterocycles. The van der Waals surface area contributed by atoms with Crippen molar-refractivity contribution in [3.8, 4) is 22.8 Å². The van der Waals surface area contributed by atoms with Crippen LogP contribution in [0, 0.1) is 0 Å². The highest BCUT2D eigenvalue weighted by molar-refractivity contribution is 5.68. The average molecular weight is 316 g/mol. The molecule has 4 nitrogen and oxygen atoms in total. The molecule has 0 radical (unpaired) electrons. The second kappa shape index (κ2) is 5.26. The van der Waals surface area contributed by atoms with Crippen LogP contribution >= 0.6 is 0 Å². The molecule has 5 rings (SSSR count). The van der Waals surface area contributed by atoms with Gasteiger partial charge in [0.15, 0.2) is 11.6 Å². The number of benzene rings is 1. The van der Waals surface area contributed by atoms with Gasteiger partial charge in [-0.25, -0.2) is 0 Å². The van der Waals surface area contributed by atoms with Crippen LogP contribution in [0.1, 0.15) is 37.7 Å². The topological polar surface area (TPSA) is 43.6 Å². The number of rotatable bonds is 1. The van der Waals surface area contributed by atoms with E-state index >= 15 is 0 Å². The van der Waals surface area contributed by atoms with Crippen LogP contribution in [0.3, 0.4) is 0 Å². The summed E-state index contributed by atoms with van der Waals surface area (Å²) in [5, 5.41) is 9.22. The first-order valence-corrected chi connectivity index (χ1v) is 8.82. The maximum Gasteiger partial charge on any atom is 0.165 e. The molecule has 0 saturated heterocycles. The summed E-state index contributed by atoms with van der Waals surface area (Å²) in [7, 11) is 0. The monoisotopic (exact) mass is 316 g/mol. The molecule has 1 aliphatic carbocycles. The minimum absolute atomic E-state index is 0.129. The zero-order valence-electron chi connectivity index (χ0n) is 13.7. The summed E-state index contributed by atoms with van der Waals surface area (Å²) >= 11 is 0. The van der Waals surface area contributed by atoms with Crippen LogP contribution in [0.2, 0.25) is 0 Å². The van der Waals surface area contributed by atoms with Crippen molar-refractivity contribution in [2.45, 2.75) is 44.1 Å². The maximum atomic E-state index is 4.62. The Kier molecular flexibility index (Phi) is 3.05. The van der Waals surface area contributed by atoms with E-state index in [4.69, 9.17) is 0 Å². The van der Waals surface area contributed by atoms with E-state index in [1.807, 2.05) is 24.5 Å². The van der Waals surface area contributed by atoms with Crippen LogP contribution in [0.15, 0.2) is 48.8 Å². The number of nitrogens with zero attached hydrogens (tertiary/aromatic N) is 4. The maximum absolute atomic E-state index is 4.62. The molecule has 3 aromatic rings. The lowest BCUT2D eigenvalue weighted by Crippen LogP contribution is -2.41. The van der Waals surface area contributed by atoms with E-state index in [9.17, 15) is 0 Å². The number of aromatic nitrogens is 4. The third-order valence-corrected chi connectivity index (χ3v) is 5.64. The molecule has 3 heterocycles. The van der Waals surface area contributed by atoms with Crippen molar-refractivity contribution >= 4 is 0 Å². The fourth-order valence-corrected chi connectivity index (χ4v) is 4.53. The van der Waals surface area contributed by atoms with Gasteiger partial charge in [0.2, 0.25) is 0 Å². The molecule has 1 aromatic carbocycles.